The summed E-state index contributed by atoms with van der Waals surface area (Å²) in [4.78, 5) is 24.4. The van der Waals surface area contributed by atoms with Crippen LogP contribution in [0.1, 0.15) is 6.92 Å². The van der Waals surface area contributed by atoms with E-state index in [1.165, 1.54) is 6.92 Å². The maximum absolute atomic E-state index is 12.2. The third-order valence-corrected chi connectivity index (χ3v) is 3.89. The van der Waals surface area contributed by atoms with Crippen LogP contribution in [0.3, 0.4) is 0 Å². The summed E-state index contributed by atoms with van der Waals surface area (Å²) >= 11 is 5.99. The van der Waals surface area contributed by atoms with E-state index in [0.29, 0.717) is 22.2 Å². The van der Waals surface area contributed by atoms with Crippen molar-refractivity contribution in [1.29, 1.82) is 0 Å². The van der Waals surface area contributed by atoms with Crippen molar-refractivity contribution in [3.63, 3.8) is 0 Å². The monoisotopic (exact) mass is 361 g/mol. The molecule has 0 unspecified atom stereocenters. The van der Waals surface area contributed by atoms with Crippen molar-refractivity contribution < 1.29 is 23.8 Å². The zero-order valence-electron chi connectivity index (χ0n) is 13.4. The van der Waals surface area contributed by atoms with E-state index in [-0.39, 0.29) is 6.61 Å². The Kier molecular flexibility index (Phi) is 5.09. The Labute approximate surface area is 149 Å². The molecule has 0 spiro atoms. The van der Waals surface area contributed by atoms with Crippen molar-refractivity contribution in [3.8, 4) is 11.5 Å². The Morgan fingerprint density at radius 2 is 1.84 bits per heavy atom. The number of rotatable bonds is 4. The summed E-state index contributed by atoms with van der Waals surface area (Å²) in [6.45, 7) is 1.50. The van der Waals surface area contributed by atoms with Crippen LogP contribution < -0.4 is 14.8 Å². The van der Waals surface area contributed by atoms with E-state index in [2.05, 4.69) is 5.32 Å². The zero-order valence-corrected chi connectivity index (χ0v) is 14.2. The van der Waals surface area contributed by atoms with Crippen molar-refractivity contribution in [1.82, 2.24) is 0 Å². The Morgan fingerprint density at radius 3 is 2.60 bits per heavy atom. The van der Waals surface area contributed by atoms with E-state index in [0.717, 1.165) is 0 Å². The largest absolute Gasteiger partial charge is 0.485 e. The van der Waals surface area contributed by atoms with Gasteiger partial charge in [-0.25, -0.2) is 4.79 Å². The first-order chi connectivity index (χ1) is 12.0. The number of carbonyl (C=O) groups is 2. The minimum Gasteiger partial charge on any atom is -0.485 e. The highest BCUT2D eigenvalue weighted by molar-refractivity contribution is 6.33. The number of fused-ring (bicyclic) bond motifs is 1. The number of amides is 1. The van der Waals surface area contributed by atoms with Crippen molar-refractivity contribution in [2.45, 2.75) is 19.1 Å². The van der Waals surface area contributed by atoms with Gasteiger partial charge in [-0.15, -0.1) is 0 Å². The van der Waals surface area contributed by atoms with Crippen LogP contribution in [-0.4, -0.2) is 30.7 Å². The molecule has 0 bridgehead atoms. The van der Waals surface area contributed by atoms with Crippen molar-refractivity contribution in [3.05, 3.63) is 53.6 Å². The minimum atomic E-state index is -1.01. The molecular formula is C18H16ClNO5. The number of hydrogen-bond donors (Lipinski definition) is 1. The fourth-order valence-corrected chi connectivity index (χ4v) is 2.42. The lowest BCUT2D eigenvalue weighted by Crippen LogP contribution is -2.41. The fraction of sp³-hybridized carbons (Fsp3) is 0.222. The van der Waals surface area contributed by atoms with Crippen LogP contribution in [0.15, 0.2) is 48.5 Å². The molecule has 2 atom stereocenters. The van der Waals surface area contributed by atoms with Gasteiger partial charge in [-0.3, -0.25) is 4.79 Å². The van der Waals surface area contributed by atoms with Crippen LogP contribution in [0.5, 0.6) is 11.5 Å². The Morgan fingerprint density at radius 1 is 1.16 bits per heavy atom. The summed E-state index contributed by atoms with van der Waals surface area (Å²) in [5, 5.41) is 3.01. The van der Waals surface area contributed by atoms with E-state index in [9.17, 15) is 9.59 Å². The molecule has 3 rings (SSSR count). The first kappa shape index (κ1) is 17.1. The third-order valence-electron chi connectivity index (χ3n) is 3.57. The number of carbonyl (C=O) groups excluding carboxylic acids is 2. The average Bonchev–Trinajstić information content (AvgIpc) is 2.63. The number of anilines is 1. The molecule has 0 fully saturated rings. The molecule has 1 aliphatic rings. The highest BCUT2D eigenvalue weighted by Gasteiger charge is 2.31. The molecule has 0 aliphatic carbocycles. The Balaban J connectivity index is 1.57. The van der Waals surface area contributed by atoms with Gasteiger partial charge in [0.05, 0.1) is 10.7 Å². The van der Waals surface area contributed by atoms with Crippen LogP contribution in [-0.2, 0) is 14.3 Å². The van der Waals surface area contributed by atoms with E-state index in [1.54, 1.807) is 42.5 Å². The second-order valence-electron chi connectivity index (χ2n) is 5.41. The fourth-order valence-electron chi connectivity index (χ4n) is 2.24. The molecule has 6 nitrogen and oxygen atoms in total. The van der Waals surface area contributed by atoms with Crippen molar-refractivity contribution >= 4 is 29.2 Å². The lowest BCUT2D eigenvalue weighted by molar-refractivity contribution is -0.162. The van der Waals surface area contributed by atoms with E-state index >= 15 is 0 Å². The molecule has 130 valence electrons. The van der Waals surface area contributed by atoms with Gasteiger partial charge in [0, 0.05) is 0 Å². The number of para-hydroxylation sites is 3. The molecule has 25 heavy (non-hydrogen) atoms. The maximum Gasteiger partial charge on any atom is 0.351 e. The third kappa shape index (κ3) is 4.03. The highest BCUT2D eigenvalue weighted by atomic mass is 35.5. The number of hydrogen-bond acceptors (Lipinski definition) is 5. The van der Waals surface area contributed by atoms with Crippen LogP contribution >= 0.6 is 11.6 Å². The zero-order chi connectivity index (χ0) is 17.8. The van der Waals surface area contributed by atoms with Gasteiger partial charge < -0.3 is 19.5 Å². The summed E-state index contributed by atoms with van der Waals surface area (Å²) in [6, 6.07) is 13.8. The van der Waals surface area contributed by atoms with Gasteiger partial charge in [0.1, 0.15) is 6.61 Å². The predicted octanol–water partition coefficient (Wildman–Crippen LogP) is 3.05. The molecule has 0 aromatic heterocycles. The Hall–Kier alpha value is -2.73. The van der Waals surface area contributed by atoms with Crippen LogP contribution in [0.2, 0.25) is 5.02 Å². The summed E-state index contributed by atoms with van der Waals surface area (Å²) in [7, 11) is 0. The standard InChI is InChI=1S/C18H16ClNO5/c1-11(17(21)20-13-7-3-2-6-12(13)19)24-18(22)16-10-23-14-8-4-5-9-15(14)25-16/h2-9,11,16H,10H2,1H3,(H,20,21)/t11-,16-/m0/s1. The summed E-state index contributed by atoms with van der Waals surface area (Å²) in [5.41, 5.74) is 0.447. The Bertz CT molecular complexity index is 795. The molecular weight excluding hydrogens is 346 g/mol. The van der Waals surface area contributed by atoms with Gasteiger partial charge in [0.2, 0.25) is 6.10 Å². The smallest absolute Gasteiger partial charge is 0.351 e. The number of benzene rings is 2. The minimum absolute atomic E-state index is 0.0225. The van der Waals surface area contributed by atoms with E-state index in [1.807, 2.05) is 6.07 Å². The predicted molar refractivity (Wildman–Crippen MR) is 92.0 cm³/mol. The highest BCUT2D eigenvalue weighted by Crippen LogP contribution is 2.31. The van der Waals surface area contributed by atoms with Gasteiger partial charge in [-0.2, -0.15) is 0 Å². The van der Waals surface area contributed by atoms with Crippen molar-refractivity contribution in [2.75, 3.05) is 11.9 Å². The molecule has 0 radical (unpaired) electrons. The molecule has 1 N–H and O–H groups in total. The van der Waals surface area contributed by atoms with Gasteiger partial charge in [-0.05, 0) is 31.2 Å². The van der Waals surface area contributed by atoms with Gasteiger partial charge in [0.15, 0.2) is 17.6 Å². The molecule has 1 heterocycles. The molecule has 2 aromatic carbocycles. The molecule has 7 heteroatoms. The second-order valence-corrected chi connectivity index (χ2v) is 5.82. The molecule has 0 saturated carbocycles. The number of esters is 1. The van der Waals surface area contributed by atoms with Crippen LogP contribution in [0.25, 0.3) is 0 Å². The average molecular weight is 362 g/mol. The molecule has 2 aromatic rings. The molecule has 1 amide bonds. The van der Waals surface area contributed by atoms with Crippen LogP contribution in [0.4, 0.5) is 5.69 Å². The second kappa shape index (κ2) is 7.44. The SMILES string of the molecule is C[C@H](OC(=O)[C@@H]1COc2ccccc2O1)C(=O)Nc1ccccc1Cl. The lowest BCUT2D eigenvalue weighted by Gasteiger charge is -2.25. The maximum atomic E-state index is 12.2. The number of halogens is 1. The number of nitrogens with one attached hydrogen (secondary N) is 1. The first-order valence-corrected chi connectivity index (χ1v) is 8.07. The lowest BCUT2D eigenvalue weighted by atomic mass is 10.2. The molecule has 0 saturated heterocycles. The normalized spacial score (nSPS) is 16.6. The first-order valence-electron chi connectivity index (χ1n) is 7.69. The summed E-state index contributed by atoms with van der Waals surface area (Å²) in [6.07, 6.45) is -1.94. The summed E-state index contributed by atoms with van der Waals surface area (Å²) in [5.74, 6) is -0.130. The van der Waals surface area contributed by atoms with Gasteiger partial charge in [0.25, 0.3) is 5.91 Å². The van der Waals surface area contributed by atoms with Crippen molar-refractivity contribution in [2.24, 2.45) is 0 Å². The van der Waals surface area contributed by atoms with E-state index in [4.69, 9.17) is 25.8 Å². The van der Waals surface area contributed by atoms with Gasteiger partial charge >= 0.3 is 5.97 Å². The number of ether oxygens (including phenoxy) is 3. The quantitative estimate of drug-likeness (QED) is 0.847. The molecule has 1 aliphatic heterocycles. The van der Waals surface area contributed by atoms with E-state index < -0.39 is 24.1 Å². The van der Waals surface area contributed by atoms with Crippen LogP contribution in [0, 0.1) is 0 Å². The topological polar surface area (TPSA) is 73.9 Å². The summed E-state index contributed by atoms with van der Waals surface area (Å²) < 4.78 is 16.2. The van der Waals surface area contributed by atoms with Gasteiger partial charge in [-0.1, -0.05) is 35.9 Å².